The summed E-state index contributed by atoms with van der Waals surface area (Å²) in [6.45, 7) is 0. The molecule has 0 radical (unpaired) electrons. The summed E-state index contributed by atoms with van der Waals surface area (Å²) in [6, 6.07) is 0. The summed E-state index contributed by atoms with van der Waals surface area (Å²) in [5.41, 5.74) is 3.09. The molecule has 2 saturated carbocycles. The van der Waals surface area contributed by atoms with Crippen LogP contribution in [0.2, 0.25) is 0 Å². The molecule has 0 aromatic heterocycles. The molecule has 0 N–H and O–H groups in total. The molecule has 0 aromatic carbocycles. The fourth-order valence-corrected chi connectivity index (χ4v) is 2.89. The van der Waals surface area contributed by atoms with E-state index in [0.29, 0.717) is 0 Å². The third-order valence-corrected chi connectivity index (χ3v) is 3.84. The van der Waals surface area contributed by atoms with E-state index in [1.807, 2.05) is 0 Å². The number of halogens is 2. The summed E-state index contributed by atoms with van der Waals surface area (Å²) in [6.07, 6.45) is 23.3. The van der Waals surface area contributed by atoms with E-state index in [4.69, 9.17) is 0 Å². The molecule has 0 heterocycles. The van der Waals surface area contributed by atoms with Crippen molar-refractivity contribution in [2.24, 2.45) is 11.8 Å². The normalized spacial score (nSPS) is 26.9. The number of fused-ring (bicyclic) bond motifs is 2. The molecule has 0 aromatic rings. The van der Waals surface area contributed by atoms with E-state index >= 15 is 0 Å². The van der Waals surface area contributed by atoms with Gasteiger partial charge in [-0.3, -0.25) is 0 Å². The van der Waals surface area contributed by atoms with Crippen LogP contribution in [0.4, 0.5) is 0 Å². The topological polar surface area (TPSA) is 0 Å². The van der Waals surface area contributed by atoms with Crippen LogP contribution in [0.25, 0.3) is 0 Å². The zero-order valence-corrected chi connectivity index (χ0v) is 14.8. The number of hydrogen-bond donors (Lipinski definition) is 0. The van der Waals surface area contributed by atoms with Crippen LogP contribution in [-0.2, 0) is 26.2 Å². The van der Waals surface area contributed by atoms with Gasteiger partial charge in [0.1, 0.15) is 0 Å². The van der Waals surface area contributed by atoms with E-state index in [9.17, 15) is 0 Å². The van der Waals surface area contributed by atoms with Gasteiger partial charge in [0.05, 0.1) is 0 Å². The fraction of sp³-hybridized carbons (Fsp3) is 0.375. The molecule has 19 heavy (non-hydrogen) atoms. The molecule has 0 bridgehead atoms. The summed E-state index contributed by atoms with van der Waals surface area (Å²) in [5.74, 6) is 1.60. The number of hydrogen-bond acceptors (Lipinski definition) is 0. The van der Waals surface area contributed by atoms with Gasteiger partial charge in [0.25, 0.3) is 0 Å². The van der Waals surface area contributed by atoms with Gasteiger partial charge in [0.15, 0.2) is 0 Å². The Bertz CT molecular complexity index is 356. The first-order valence-corrected chi connectivity index (χ1v) is 6.37. The van der Waals surface area contributed by atoms with E-state index < -0.39 is 0 Å². The molecular weight excluding hydrogens is 354 g/mol. The Morgan fingerprint density at radius 3 is 1.58 bits per heavy atom. The van der Waals surface area contributed by atoms with Crippen LogP contribution in [0.5, 0.6) is 0 Å². The standard InChI is InChI=1S/2C8H9.2ClH.Zr/c2*1-3-7-5-2-6-8(7)4-1;;;/h2*1,3-5,8H,2,6H2;2*1H;/q2*-1;;;+4/p-2. The summed E-state index contributed by atoms with van der Waals surface area (Å²) in [7, 11) is 0. The maximum absolute atomic E-state index is 2.34. The molecule has 100 valence electrons. The van der Waals surface area contributed by atoms with Gasteiger partial charge in [-0.25, -0.2) is 36.1 Å². The molecule has 3 heteroatoms. The molecule has 2 unspecified atom stereocenters. The van der Waals surface area contributed by atoms with Crippen molar-refractivity contribution in [1.29, 1.82) is 0 Å². The third kappa shape index (κ3) is 4.59. The summed E-state index contributed by atoms with van der Waals surface area (Å²) in [5, 5.41) is 0. The van der Waals surface area contributed by atoms with Gasteiger partial charge in [0.2, 0.25) is 0 Å². The Morgan fingerprint density at radius 2 is 1.21 bits per heavy atom. The fourth-order valence-electron chi connectivity index (χ4n) is 2.89. The van der Waals surface area contributed by atoms with E-state index in [2.05, 4.69) is 49.3 Å². The number of rotatable bonds is 0. The summed E-state index contributed by atoms with van der Waals surface area (Å²) in [4.78, 5) is 0. The Labute approximate surface area is 148 Å². The Morgan fingerprint density at radius 1 is 0.789 bits per heavy atom. The molecule has 0 spiro atoms. The van der Waals surface area contributed by atoms with Crippen LogP contribution in [0.15, 0.2) is 47.6 Å². The Balaban J connectivity index is 0.000000295. The van der Waals surface area contributed by atoms with Crippen LogP contribution >= 0.6 is 0 Å². The second-order valence-corrected chi connectivity index (χ2v) is 4.88. The predicted octanol–water partition coefficient (Wildman–Crippen LogP) is -1.80. The molecule has 0 nitrogen and oxygen atoms in total. The first-order chi connectivity index (χ1) is 7.93. The van der Waals surface area contributed by atoms with Crippen molar-refractivity contribution in [3.63, 3.8) is 0 Å². The van der Waals surface area contributed by atoms with Crippen molar-refractivity contribution in [3.8, 4) is 0 Å². The van der Waals surface area contributed by atoms with Crippen LogP contribution in [0.1, 0.15) is 25.7 Å². The van der Waals surface area contributed by atoms with Gasteiger partial charge in [0, 0.05) is 0 Å². The summed E-state index contributed by atoms with van der Waals surface area (Å²) >= 11 is 0. The smallest absolute Gasteiger partial charge is 1.00 e. The largest absolute Gasteiger partial charge is 4.00 e. The van der Waals surface area contributed by atoms with Gasteiger partial charge in [-0.2, -0.15) is 0 Å². The minimum Gasteiger partial charge on any atom is -1.00 e. The van der Waals surface area contributed by atoms with Crippen LogP contribution in [0.3, 0.4) is 0 Å². The summed E-state index contributed by atoms with van der Waals surface area (Å²) < 4.78 is 0. The molecule has 4 rings (SSSR count). The Kier molecular flexibility index (Phi) is 9.24. The molecular formula is C16H18Cl2Zr. The van der Waals surface area contributed by atoms with Crippen molar-refractivity contribution in [3.05, 3.63) is 60.4 Å². The van der Waals surface area contributed by atoms with E-state index in [1.54, 1.807) is 11.1 Å². The molecule has 0 amide bonds. The first kappa shape index (κ1) is 19.2. The average Bonchev–Trinajstić information content (AvgIpc) is 2.99. The molecule has 2 atom stereocenters. The van der Waals surface area contributed by atoms with Gasteiger partial charge in [-0.05, 0) is 11.8 Å². The zero-order chi connectivity index (χ0) is 10.8. The van der Waals surface area contributed by atoms with E-state index in [0.717, 1.165) is 11.8 Å². The number of allylic oxidation sites excluding steroid dienone is 8. The SMILES string of the molecule is C1=CC2CC[CH-]C2=C1.C1=CC2CC[CH-]C2=C1.[Cl-].[Cl-].[Zr+4]. The minimum atomic E-state index is 0. The van der Waals surface area contributed by atoms with Gasteiger partial charge in [-0.15, -0.1) is 25.0 Å². The van der Waals surface area contributed by atoms with Crippen molar-refractivity contribution in [2.45, 2.75) is 25.7 Å². The van der Waals surface area contributed by atoms with Crippen LogP contribution < -0.4 is 24.8 Å². The van der Waals surface area contributed by atoms with Crippen LogP contribution in [-0.4, -0.2) is 0 Å². The maximum atomic E-state index is 2.34. The van der Waals surface area contributed by atoms with Crippen LogP contribution in [0, 0.1) is 24.7 Å². The van der Waals surface area contributed by atoms with Gasteiger partial charge in [-0.1, -0.05) is 25.0 Å². The zero-order valence-electron chi connectivity index (χ0n) is 10.9. The van der Waals surface area contributed by atoms with Crippen molar-refractivity contribution in [1.82, 2.24) is 0 Å². The molecule has 4 aliphatic carbocycles. The second-order valence-electron chi connectivity index (χ2n) is 4.88. The third-order valence-electron chi connectivity index (χ3n) is 3.84. The van der Waals surface area contributed by atoms with E-state index in [-0.39, 0.29) is 51.0 Å². The monoisotopic (exact) mass is 370 g/mol. The Hall–Kier alpha value is 0.163. The molecule has 2 fully saturated rings. The van der Waals surface area contributed by atoms with Crippen molar-refractivity contribution in [2.75, 3.05) is 0 Å². The molecule has 4 aliphatic rings. The quantitative estimate of drug-likeness (QED) is 0.440. The van der Waals surface area contributed by atoms with Gasteiger partial charge < -0.3 is 24.8 Å². The molecule has 0 saturated heterocycles. The minimum absolute atomic E-state index is 0. The van der Waals surface area contributed by atoms with E-state index in [1.165, 1.54) is 25.7 Å². The maximum Gasteiger partial charge on any atom is 4.00 e. The average molecular weight is 372 g/mol. The van der Waals surface area contributed by atoms with Gasteiger partial charge >= 0.3 is 26.2 Å². The second kappa shape index (κ2) is 9.16. The van der Waals surface area contributed by atoms with Crippen molar-refractivity contribution >= 4 is 0 Å². The predicted molar refractivity (Wildman–Crippen MR) is 68.5 cm³/mol. The van der Waals surface area contributed by atoms with Crippen molar-refractivity contribution < 1.29 is 51.0 Å². The molecule has 0 aliphatic heterocycles. The first-order valence-electron chi connectivity index (χ1n) is 6.37.